The van der Waals surface area contributed by atoms with Crippen LogP contribution in [0.3, 0.4) is 0 Å². The molecular weight excluding hydrogens is 617 g/mol. The van der Waals surface area contributed by atoms with Gasteiger partial charge in [0, 0.05) is 66.0 Å². The molecule has 0 aliphatic carbocycles. The van der Waals surface area contributed by atoms with Crippen LogP contribution < -0.4 is 19.7 Å². The lowest BCUT2D eigenvalue weighted by molar-refractivity contribution is 0.198. The highest BCUT2D eigenvalue weighted by Gasteiger charge is 2.18. The number of unbranched alkanes of at least 4 members (excludes halogenated alkanes) is 12. The highest BCUT2D eigenvalue weighted by atomic mass is 32.1. The van der Waals surface area contributed by atoms with Gasteiger partial charge in [-0.15, -0.1) is 11.3 Å². The maximum atomic E-state index is 12.3. The predicted molar refractivity (Wildman–Crippen MR) is 202 cm³/mol. The van der Waals surface area contributed by atoms with Crippen LogP contribution in [0.25, 0.3) is 21.0 Å². The van der Waals surface area contributed by atoms with Gasteiger partial charge in [0.2, 0.25) is 5.88 Å². The molecule has 0 spiro atoms. The van der Waals surface area contributed by atoms with Gasteiger partial charge in [0.15, 0.2) is 0 Å². The number of carbonyl (C=O) groups excluding carboxylic acids is 1. The molecule has 0 saturated carbocycles. The van der Waals surface area contributed by atoms with Crippen molar-refractivity contribution in [1.29, 1.82) is 0 Å². The summed E-state index contributed by atoms with van der Waals surface area (Å²) in [5.41, 5.74) is 2.13. The van der Waals surface area contributed by atoms with Gasteiger partial charge in [-0.2, -0.15) is 0 Å². The monoisotopic (exact) mass is 672 g/mol. The van der Waals surface area contributed by atoms with Gasteiger partial charge >= 0.3 is 6.09 Å². The van der Waals surface area contributed by atoms with Crippen molar-refractivity contribution in [1.82, 2.24) is 15.2 Å². The van der Waals surface area contributed by atoms with Crippen molar-refractivity contribution < 1.29 is 14.3 Å². The minimum atomic E-state index is -0.446. The van der Waals surface area contributed by atoms with Crippen LogP contribution in [-0.4, -0.2) is 61.9 Å². The number of aromatic nitrogens is 1. The molecule has 1 aliphatic rings. The molecule has 3 heterocycles. The minimum Gasteiger partial charge on any atom is -0.494 e. The van der Waals surface area contributed by atoms with Crippen LogP contribution in [0.4, 0.5) is 10.5 Å². The summed E-state index contributed by atoms with van der Waals surface area (Å²) in [4.78, 5) is 22.0. The Morgan fingerprint density at radius 3 is 2.31 bits per heavy atom. The van der Waals surface area contributed by atoms with Crippen molar-refractivity contribution in [2.75, 3.05) is 50.8 Å². The fourth-order valence-corrected chi connectivity index (χ4v) is 7.41. The van der Waals surface area contributed by atoms with Crippen LogP contribution in [0.15, 0.2) is 60.0 Å². The van der Waals surface area contributed by atoms with Crippen molar-refractivity contribution >= 4 is 44.1 Å². The lowest BCUT2D eigenvalue weighted by atomic mass is 10.1. The third kappa shape index (κ3) is 11.7. The maximum Gasteiger partial charge on any atom is 0.413 e. The van der Waals surface area contributed by atoms with Gasteiger partial charge in [-0.3, -0.25) is 4.90 Å². The van der Waals surface area contributed by atoms with Crippen LogP contribution in [0.2, 0.25) is 0 Å². The van der Waals surface area contributed by atoms with Gasteiger partial charge in [-0.1, -0.05) is 83.6 Å². The van der Waals surface area contributed by atoms with Crippen LogP contribution >= 0.6 is 11.3 Å². The van der Waals surface area contributed by atoms with Crippen molar-refractivity contribution in [2.24, 2.45) is 0 Å². The quantitative estimate of drug-likeness (QED) is 0.0889. The standard InChI is InChI=1S/C40H56N4O3S/c1-2-3-4-5-6-7-8-9-10-11-12-13-24-41-40(45)47-39-22-20-33-19-21-34(32-36(33)42-39)46-30-15-14-25-43-26-28-44(29-27-43)37-17-16-18-38-35(37)23-31-48-38/h16-23,31-32H,2-15,24-30H2,1H3,(H,41,45). The zero-order valence-corrected chi connectivity index (χ0v) is 29.9. The topological polar surface area (TPSA) is 66.9 Å². The van der Waals surface area contributed by atoms with Gasteiger partial charge in [0.05, 0.1) is 12.1 Å². The Morgan fingerprint density at radius 2 is 1.54 bits per heavy atom. The van der Waals surface area contributed by atoms with E-state index in [4.69, 9.17) is 9.47 Å². The molecule has 260 valence electrons. The number of rotatable bonds is 21. The number of nitrogens with zero attached hydrogens (tertiary/aromatic N) is 3. The molecule has 48 heavy (non-hydrogen) atoms. The maximum absolute atomic E-state index is 12.3. The van der Waals surface area contributed by atoms with E-state index in [1.807, 2.05) is 35.6 Å². The number of hydrogen-bond donors (Lipinski definition) is 1. The van der Waals surface area contributed by atoms with E-state index in [-0.39, 0.29) is 0 Å². The van der Waals surface area contributed by atoms with Crippen molar-refractivity contribution in [3.8, 4) is 11.6 Å². The zero-order chi connectivity index (χ0) is 33.2. The lowest BCUT2D eigenvalue weighted by Crippen LogP contribution is -2.46. The summed E-state index contributed by atoms with van der Waals surface area (Å²) in [6.07, 6.45) is 17.2. The van der Waals surface area contributed by atoms with E-state index in [1.165, 1.54) is 80.0 Å². The molecular formula is C40H56N4O3S. The molecule has 8 heteroatoms. The average Bonchev–Trinajstić information content (AvgIpc) is 3.60. The van der Waals surface area contributed by atoms with Crippen molar-refractivity contribution in [2.45, 2.75) is 96.8 Å². The molecule has 1 aliphatic heterocycles. The number of hydrogen-bond acceptors (Lipinski definition) is 7. The number of thiophene rings is 1. The Morgan fingerprint density at radius 1 is 0.812 bits per heavy atom. The fourth-order valence-electron chi connectivity index (χ4n) is 6.61. The summed E-state index contributed by atoms with van der Waals surface area (Å²) in [6, 6.07) is 18.5. The van der Waals surface area contributed by atoms with E-state index < -0.39 is 6.09 Å². The summed E-state index contributed by atoms with van der Waals surface area (Å²) in [5.74, 6) is 1.10. The van der Waals surface area contributed by atoms with E-state index in [2.05, 4.69) is 56.7 Å². The molecule has 7 nitrogen and oxygen atoms in total. The van der Waals surface area contributed by atoms with Gasteiger partial charge in [-0.05, 0) is 67.6 Å². The number of anilines is 1. The number of piperazine rings is 1. The Hall–Kier alpha value is -3.36. The first kappa shape index (κ1) is 35.9. The number of nitrogens with one attached hydrogen (secondary N) is 1. The number of amides is 1. The zero-order valence-electron chi connectivity index (χ0n) is 29.1. The Balaban J connectivity index is 0.917. The SMILES string of the molecule is CCCCCCCCCCCCCCNC(=O)Oc1ccc2ccc(OCCCCN3CCN(c4cccc5sccc45)CC3)cc2n1. The Kier molecular flexibility index (Phi) is 15.1. The molecule has 2 aromatic carbocycles. The molecule has 1 amide bonds. The van der Waals surface area contributed by atoms with Crippen LogP contribution in [0.5, 0.6) is 11.6 Å². The van der Waals surface area contributed by atoms with E-state index in [0.29, 0.717) is 19.0 Å². The molecule has 0 radical (unpaired) electrons. The first-order valence-corrected chi connectivity index (χ1v) is 19.5. The highest BCUT2D eigenvalue weighted by molar-refractivity contribution is 7.17. The summed E-state index contributed by atoms with van der Waals surface area (Å²) < 4.78 is 12.9. The summed E-state index contributed by atoms with van der Waals surface area (Å²) in [6.45, 7) is 9.00. The number of ether oxygens (including phenoxy) is 2. The average molecular weight is 673 g/mol. The van der Waals surface area contributed by atoms with Gasteiger partial charge in [0.25, 0.3) is 0 Å². The Bertz CT molecular complexity index is 1520. The van der Waals surface area contributed by atoms with Crippen LogP contribution in [0.1, 0.15) is 96.8 Å². The van der Waals surface area contributed by atoms with Crippen molar-refractivity contribution in [3.05, 3.63) is 60.0 Å². The third-order valence-corrected chi connectivity index (χ3v) is 10.3. The van der Waals surface area contributed by atoms with E-state index in [9.17, 15) is 4.79 Å². The molecule has 5 rings (SSSR count). The summed E-state index contributed by atoms with van der Waals surface area (Å²) in [5, 5.41) is 7.43. The second kappa shape index (κ2) is 20.2. The fraction of sp³-hybridized carbons (Fsp3) is 0.550. The van der Waals surface area contributed by atoms with E-state index in [0.717, 1.165) is 75.1 Å². The van der Waals surface area contributed by atoms with Crippen LogP contribution in [-0.2, 0) is 0 Å². The number of fused-ring (bicyclic) bond motifs is 2. The first-order chi connectivity index (χ1) is 23.7. The first-order valence-electron chi connectivity index (χ1n) is 18.6. The largest absolute Gasteiger partial charge is 0.494 e. The van der Waals surface area contributed by atoms with Crippen molar-refractivity contribution in [3.63, 3.8) is 0 Å². The summed E-state index contributed by atoms with van der Waals surface area (Å²) in [7, 11) is 0. The molecule has 0 atom stereocenters. The molecule has 4 aromatic rings. The lowest BCUT2D eigenvalue weighted by Gasteiger charge is -2.36. The molecule has 1 N–H and O–H groups in total. The minimum absolute atomic E-state index is 0.305. The van der Waals surface area contributed by atoms with Gasteiger partial charge in [-0.25, -0.2) is 9.78 Å². The predicted octanol–water partition coefficient (Wildman–Crippen LogP) is 10.2. The van der Waals surface area contributed by atoms with Gasteiger partial charge < -0.3 is 19.7 Å². The highest BCUT2D eigenvalue weighted by Crippen LogP contribution is 2.31. The van der Waals surface area contributed by atoms with Crippen LogP contribution in [0, 0.1) is 0 Å². The number of carbonyl (C=O) groups is 1. The van der Waals surface area contributed by atoms with E-state index >= 15 is 0 Å². The Labute approximate surface area is 292 Å². The smallest absolute Gasteiger partial charge is 0.413 e. The number of pyridine rings is 1. The molecule has 0 unspecified atom stereocenters. The molecule has 1 saturated heterocycles. The third-order valence-electron chi connectivity index (χ3n) is 9.46. The summed E-state index contributed by atoms with van der Waals surface area (Å²) >= 11 is 1.82. The normalized spacial score (nSPS) is 13.7. The van der Waals surface area contributed by atoms with E-state index in [1.54, 1.807) is 6.07 Å². The second-order valence-corrected chi connectivity index (χ2v) is 14.2. The molecule has 1 fully saturated rings. The molecule has 0 bridgehead atoms. The number of benzene rings is 2. The molecule has 2 aromatic heterocycles. The van der Waals surface area contributed by atoms with Gasteiger partial charge in [0.1, 0.15) is 5.75 Å². The second-order valence-electron chi connectivity index (χ2n) is 13.2.